The molecule has 22 heavy (non-hydrogen) atoms. The lowest BCUT2D eigenvalue weighted by Crippen LogP contribution is -2.30. The van der Waals surface area contributed by atoms with Gasteiger partial charge in [0, 0.05) is 5.56 Å². The van der Waals surface area contributed by atoms with Crippen molar-refractivity contribution in [1.29, 1.82) is 0 Å². The molecule has 112 valence electrons. The Hall–Kier alpha value is -2.47. The number of methoxy groups -OCH3 is 1. The Bertz CT molecular complexity index is 682. The Balaban J connectivity index is 1.61. The van der Waals surface area contributed by atoms with Crippen molar-refractivity contribution in [3.63, 3.8) is 0 Å². The minimum absolute atomic E-state index is 0.294. The molecule has 2 saturated heterocycles. The van der Waals surface area contributed by atoms with Gasteiger partial charge in [0.25, 0.3) is 11.8 Å². The number of hydrogen-bond donors (Lipinski definition) is 0. The highest BCUT2D eigenvalue weighted by Crippen LogP contribution is 2.45. The summed E-state index contributed by atoms with van der Waals surface area (Å²) >= 11 is 0. The van der Waals surface area contributed by atoms with Crippen LogP contribution in [-0.2, 0) is 14.3 Å². The smallest absolute Gasteiger partial charge is 0.256 e. The molecule has 0 N–H and O–H groups in total. The van der Waals surface area contributed by atoms with Crippen LogP contribution < -0.4 is 4.74 Å². The fraction of sp³-hybridized carbons (Fsp3) is 0.312. The van der Waals surface area contributed by atoms with E-state index in [9.17, 15) is 9.59 Å². The van der Waals surface area contributed by atoms with Gasteiger partial charge in [-0.05, 0) is 12.1 Å². The zero-order chi connectivity index (χ0) is 15.3. The first-order chi connectivity index (χ1) is 10.7. The average Bonchev–Trinajstić information content (AvgIpc) is 3.21. The number of hydrazone groups is 1. The summed E-state index contributed by atoms with van der Waals surface area (Å²) in [6.45, 7) is 0. The Labute approximate surface area is 127 Å². The summed E-state index contributed by atoms with van der Waals surface area (Å²) in [5.41, 5.74) is 0.708. The molecule has 6 nitrogen and oxygen atoms in total. The SMILES string of the molecule is COc1ccccc1/C=N/N1C(=O)C2C3C=CC(O3)C2C1=O. The van der Waals surface area contributed by atoms with E-state index in [4.69, 9.17) is 9.47 Å². The second-order valence-electron chi connectivity index (χ2n) is 5.48. The standard InChI is InChI=1S/C16H14N2O4/c1-21-10-5-3-2-4-9(10)8-17-18-15(19)13-11-6-7-12(22-11)14(13)16(18)20/h2-8,11-14H,1H3/b17-8+. The molecule has 0 spiro atoms. The molecular weight excluding hydrogens is 284 g/mol. The van der Waals surface area contributed by atoms with Crippen molar-refractivity contribution in [2.24, 2.45) is 16.9 Å². The minimum Gasteiger partial charge on any atom is -0.496 e. The summed E-state index contributed by atoms with van der Waals surface area (Å²) < 4.78 is 10.8. The van der Waals surface area contributed by atoms with Crippen LogP contribution in [0.2, 0.25) is 0 Å². The number of carbonyl (C=O) groups is 2. The van der Waals surface area contributed by atoms with E-state index in [-0.39, 0.29) is 24.0 Å². The van der Waals surface area contributed by atoms with Gasteiger partial charge in [-0.15, -0.1) is 0 Å². The number of rotatable bonds is 3. The first-order valence-corrected chi connectivity index (χ1v) is 7.09. The Morgan fingerprint density at radius 3 is 2.41 bits per heavy atom. The number of benzene rings is 1. The summed E-state index contributed by atoms with van der Waals surface area (Å²) in [7, 11) is 1.56. The van der Waals surface area contributed by atoms with E-state index in [1.807, 2.05) is 30.4 Å². The van der Waals surface area contributed by atoms with E-state index in [2.05, 4.69) is 5.10 Å². The topological polar surface area (TPSA) is 68.2 Å². The highest BCUT2D eigenvalue weighted by Gasteiger charge is 2.61. The van der Waals surface area contributed by atoms with Gasteiger partial charge in [0.2, 0.25) is 0 Å². The molecule has 6 heteroatoms. The van der Waals surface area contributed by atoms with E-state index in [1.165, 1.54) is 6.21 Å². The number of para-hydroxylation sites is 1. The summed E-state index contributed by atoms with van der Waals surface area (Å²) in [6.07, 6.45) is 4.59. The zero-order valence-electron chi connectivity index (χ0n) is 11.9. The second kappa shape index (κ2) is 4.78. The number of imide groups is 1. The van der Waals surface area contributed by atoms with Crippen LogP contribution in [0.1, 0.15) is 5.56 Å². The first kappa shape index (κ1) is 13.2. The molecule has 3 aliphatic rings. The summed E-state index contributed by atoms with van der Waals surface area (Å²) in [5.74, 6) is -0.818. The number of ether oxygens (including phenoxy) is 2. The monoisotopic (exact) mass is 298 g/mol. The third kappa shape index (κ3) is 1.74. The van der Waals surface area contributed by atoms with Gasteiger partial charge in [0.15, 0.2) is 0 Å². The predicted molar refractivity (Wildman–Crippen MR) is 77.2 cm³/mol. The van der Waals surface area contributed by atoms with E-state index >= 15 is 0 Å². The molecular formula is C16H14N2O4. The number of hydrogen-bond acceptors (Lipinski definition) is 5. The third-order valence-corrected chi connectivity index (χ3v) is 4.34. The van der Waals surface area contributed by atoms with Crippen LogP contribution in [0.25, 0.3) is 0 Å². The Morgan fingerprint density at radius 2 is 1.77 bits per heavy atom. The average molecular weight is 298 g/mol. The maximum atomic E-state index is 12.4. The molecule has 0 aromatic heterocycles. The van der Waals surface area contributed by atoms with Crippen LogP contribution in [0.15, 0.2) is 41.5 Å². The van der Waals surface area contributed by atoms with Crippen molar-refractivity contribution < 1.29 is 19.1 Å². The van der Waals surface area contributed by atoms with Crippen molar-refractivity contribution in [2.45, 2.75) is 12.2 Å². The molecule has 3 heterocycles. The van der Waals surface area contributed by atoms with Gasteiger partial charge in [-0.1, -0.05) is 24.3 Å². The van der Waals surface area contributed by atoms with Crippen LogP contribution in [-0.4, -0.2) is 42.4 Å². The fourth-order valence-electron chi connectivity index (χ4n) is 3.29. The Morgan fingerprint density at radius 1 is 1.14 bits per heavy atom. The van der Waals surface area contributed by atoms with Crippen molar-refractivity contribution in [2.75, 3.05) is 7.11 Å². The van der Waals surface area contributed by atoms with E-state index < -0.39 is 11.8 Å². The highest BCUT2D eigenvalue weighted by atomic mass is 16.5. The molecule has 2 amide bonds. The zero-order valence-corrected chi connectivity index (χ0v) is 11.9. The van der Waals surface area contributed by atoms with Crippen LogP contribution in [0, 0.1) is 11.8 Å². The molecule has 2 fully saturated rings. The van der Waals surface area contributed by atoms with Crippen LogP contribution >= 0.6 is 0 Å². The first-order valence-electron chi connectivity index (χ1n) is 7.09. The summed E-state index contributed by atoms with van der Waals surface area (Å²) in [6, 6.07) is 7.28. The lowest BCUT2D eigenvalue weighted by atomic mass is 9.85. The van der Waals surface area contributed by atoms with Crippen molar-refractivity contribution in [3.8, 4) is 5.75 Å². The van der Waals surface area contributed by atoms with E-state index in [1.54, 1.807) is 13.2 Å². The maximum Gasteiger partial charge on any atom is 0.256 e. The lowest BCUT2D eigenvalue weighted by molar-refractivity contribution is -0.142. The lowest BCUT2D eigenvalue weighted by Gasteiger charge is -2.12. The van der Waals surface area contributed by atoms with E-state index in [0.29, 0.717) is 11.3 Å². The van der Waals surface area contributed by atoms with Crippen molar-refractivity contribution >= 4 is 18.0 Å². The van der Waals surface area contributed by atoms with Gasteiger partial charge in [0.1, 0.15) is 5.75 Å². The summed E-state index contributed by atoms with van der Waals surface area (Å²) in [4.78, 5) is 24.8. The molecule has 1 aromatic carbocycles. The van der Waals surface area contributed by atoms with Gasteiger partial charge in [0.05, 0.1) is 37.4 Å². The molecule has 0 saturated carbocycles. The largest absolute Gasteiger partial charge is 0.496 e. The highest BCUT2D eigenvalue weighted by molar-refractivity contribution is 6.07. The number of fused-ring (bicyclic) bond motifs is 5. The molecule has 0 aliphatic carbocycles. The van der Waals surface area contributed by atoms with Crippen molar-refractivity contribution in [1.82, 2.24) is 5.01 Å². The number of carbonyl (C=O) groups excluding carboxylic acids is 2. The van der Waals surface area contributed by atoms with Gasteiger partial charge in [-0.3, -0.25) is 9.59 Å². The fourth-order valence-corrected chi connectivity index (χ4v) is 3.29. The second-order valence-corrected chi connectivity index (χ2v) is 5.48. The molecule has 2 bridgehead atoms. The minimum atomic E-state index is -0.433. The van der Waals surface area contributed by atoms with Gasteiger partial charge < -0.3 is 9.47 Å². The Kier molecular flexibility index (Phi) is 2.87. The molecule has 4 unspecified atom stereocenters. The normalized spacial score (nSPS) is 32.3. The van der Waals surface area contributed by atoms with Crippen molar-refractivity contribution in [3.05, 3.63) is 42.0 Å². The molecule has 4 rings (SSSR count). The van der Waals surface area contributed by atoms with Gasteiger partial charge in [-0.2, -0.15) is 10.1 Å². The predicted octanol–water partition coefficient (Wildman–Crippen LogP) is 0.967. The maximum absolute atomic E-state index is 12.4. The third-order valence-electron chi connectivity index (χ3n) is 4.34. The van der Waals surface area contributed by atoms with Gasteiger partial charge in [-0.25, -0.2) is 0 Å². The van der Waals surface area contributed by atoms with E-state index in [0.717, 1.165) is 5.01 Å². The number of nitrogens with zero attached hydrogens (tertiary/aromatic N) is 2. The molecule has 3 aliphatic heterocycles. The number of amides is 2. The molecule has 4 atom stereocenters. The summed E-state index contributed by atoms with van der Waals surface area (Å²) in [5, 5.41) is 5.06. The van der Waals surface area contributed by atoms with Gasteiger partial charge >= 0.3 is 0 Å². The van der Waals surface area contributed by atoms with Crippen LogP contribution in [0.3, 0.4) is 0 Å². The van der Waals surface area contributed by atoms with Crippen LogP contribution in [0.5, 0.6) is 5.75 Å². The molecule has 0 radical (unpaired) electrons. The molecule has 1 aromatic rings. The van der Waals surface area contributed by atoms with Crippen LogP contribution in [0.4, 0.5) is 0 Å². The quantitative estimate of drug-likeness (QED) is 0.474.